The van der Waals surface area contributed by atoms with E-state index >= 15 is 0 Å². The maximum absolute atomic E-state index is 11.6. The molecule has 0 spiro atoms. The molecule has 0 bridgehead atoms. The minimum atomic E-state index is 0.110. The van der Waals surface area contributed by atoms with Crippen molar-refractivity contribution in [3.63, 3.8) is 0 Å². The first kappa shape index (κ1) is 10.0. The van der Waals surface area contributed by atoms with Crippen molar-refractivity contribution in [2.75, 3.05) is 12.4 Å². The lowest BCUT2D eigenvalue weighted by Gasteiger charge is -2.10. The molecule has 0 aliphatic heterocycles. The van der Waals surface area contributed by atoms with Gasteiger partial charge in [-0.15, -0.1) is 0 Å². The van der Waals surface area contributed by atoms with Crippen molar-refractivity contribution in [2.24, 2.45) is 5.92 Å². The number of amides is 1. The molecule has 0 heterocycles. The molecule has 1 amide bonds. The fourth-order valence-corrected chi connectivity index (χ4v) is 1.50. The average molecular weight is 205 g/mol. The van der Waals surface area contributed by atoms with Crippen LogP contribution in [0.2, 0.25) is 0 Å². The third-order valence-corrected chi connectivity index (χ3v) is 2.56. The van der Waals surface area contributed by atoms with Crippen LogP contribution in [-0.2, 0) is 4.79 Å². The summed E-state index contributed by atoms with van der Waals surface area (Å²) in [5.41, 5.74) is 1.89. The Labute approximate surface area is 89.4 Å². The van der Waals surface area contributed by atoms with E-state index in [2.05, 4.69) is 5.32 Å². The highest BCUT2D eigenvalue weighted by Crippen LogP contribution is 2.32. The summed E-state index contributed by atoms with van der Waals surface area (Å²) in [5.74, 6) is 1.05. The minimum absolute atomic E-state index is 0.110. The monoisotopic (exact) mass is 205 g/mol. The number of hydrogen-bond acceptors (Lipinski definition) is 2. The molecule has 0 saturated heterocycles. The van der Waals surface area contributed by atoms with Gasteiger partial charge in [0.25, 0.3) is 0 Å². The zero-order chi connectivity index (χ0) is 10.8. The van der Waals surface area contributed by atoms with Crippen LogP contribution in [0.3, 0.4) is 0 Å². The summed E-state index contributed by atoms with van der Waals surface area (Å²) < 4.78 is 5.19. The summed E-state index contributed by atoms with van der Waals surface area (Å²) in [6.07, 6.45) is 2.03. The number of rotatable bonds is 3. The molecule has 1 aromatic carbocycles. The van der Waals surface area contributed by atoms with Gasteiger partial charge in [-0.2, -0.15) is 0 Å². The van der Waals surface area contributed by atoms with E-state index < -0.39 is 0 Å². The number of benzene rings is 1. The highest BCUT2D eigenvalue weighted by Gasteiger charge is 2.30. The molecule has 1 N–H and O–H groups in total. The Morgan fingerprint density at radius 3 is 2.80 bits per heavy atom. The Kier molecular flexibility index (Phi) is 2.62. The number of carbonyl (C=O) groups is 1. The number of hydrogen-bond donors (Lipinski definition) is 1. The molecule has 1 aromatic rings. The van der Waals surface area contributed by atoms with E-state index in [0.717, 1.165) is 29.8 Å². The first-order chi connectivity index (χ1) is 7.20. The molecule has 1 aliphatic carbocycles. The summed E-state index contributed by atoms with van der Waals surface area (Å²) >= 11 is 0. The van der Waals surface area contributed by atoms with Crippen molar-refractivity contribution >= 4 is 11.6 Å². The van der Waals surface area contributed by atoms with E-state index in [0.29, 0.717) is 0 Å². The van der Waals surface area contributed by atoms with E-state index in [4.69, 9.17) is 4.74 Å². The van der Waals surface area contributed by atoms with Gasteiger partial charge in [-0.05, 0) is 37.5 Å². The van der Waals surface area contributed by atoms with E-state index in [9.17, 15) is 4.79 Å². The van der Waals surface area contributed by atoms with Crippen molar-refractivity contribution in [2.45, 2.75) is 19.8 Å². The van der Waals surface area contributed by atoms with Gasteiger partial charge in [0.2, 0.25) is 5.91 Å². The topological polar surface area (TPSA) is 38.3 Å². The van der Waals surface area contributed by atoms with Gasteiger partial charge in [-0.25, -0.2) is 0 Å². The molecular formula is C12H15NO2. The van der Waals surface area contributed by atoms with E-state index in [1.54, 1.807) is 7.11 Å². The maximum atomic E-state index is 11.6. The highest BCUT2D eigenvalue weighted by atomic mass is 16.5. The Bertz CT molecular complexity index is 383. The van der Waals surface area contributed by atoms with Crippen molar-refractivity contribution in [1.29, 1.82) is 0 Å². The van der Waals surface area contributed by atoms with Crippen LogP contribution in [0, 0.1) is 12.8 Å². The second-order valence-corrected chi connectivity index (χ2v) is 3.97. The number of methoxy groups -OCH3 is 1. The molecular weight excluding hydrogens is 190 g/mol. The van der Waals surface area contributed by atoms with Crippen LogP contribution in [0.4, 0.5) is 5.69 Å². The zero-order valence-corrected chi connectivity index (χ0v) is 9.04. The van der Waals surface area contributed by atoms with Crippen LogP contribution >= 0.6 is 0 Å². The highest BCUT2D eigenvalue weighted by molar-refractivity contribution is 5.95. The standard InChI is InChI=1S/C12H15NO2/c1-8-3-6-11(15-2)10(7-8)13-12(14)9-4-5-9/h3,6-7,9H,4-5H2,1-2H3,(H,13,14). The van der Waals surface area contributed by atoms with Gasteiger partial charge in [0.05, 0.1) is 12.8 Å². The molecule has 1 fully saturated rings. The Morgan fingerprint density at radius 1 is 1.47 bits per heavy atom. The van der Waals surface area contributed by atoms with Gasteiger partial charge >= 0.3 is 0 Å². The van der Waals surface area contributed by atoms with Crippen molar-refractivity contribution in [1.82, 2.24) is 0 Å². The molecule has 15 heavy (non-hydrogen) atoms. The summed E-state index contributed by atoms with van der Waals surface area (Å²) in [6.45, 7) is 1.99. The van der Waals surface area contributed by atoms with Crippen LogP contribution in [0.5, 0.6) is 5.75 Å². The van der Waals surface area contributed by atoms with Crippen molar-refractivity contribution in [3.8, 4) is 5.75 Å². The lowest BCUT2D eigenvalue weighted by atomic mass is 10.2. The quantitative estimate of drug-likeness (QED) is 0.822. The predicted molar refractivity (Wildman–Crippen MR) is 59.1 cm³/mol. The first-order valence-electron chi connectivity index (χ1n) is 5.16. The molecule has 0 unspecified atom stereocenters. The molecule has 3 nitrogen and oxygen atoms in total. The molecule has 1 saturated carbocycles. The van der Waals surface area contributed by atoms with Crippen LogP contribution in [0.25, 0.3) is 0 Å². The second kappa shape index (κ2) is 3.93. The normalized spacial score (nSPS) is 14.8. The molecule has 2 rings (SSSR count). The van der Waals surface area contributed by atoms with Crippen LogP contribution in [0.1, 0.15) is 18.4 Å². The molecule has 0 atom stereocenters. The summed E-state index contributed by atoms with van der Waals surface area (Å²) in [4.78, 5) is 11.6. The number of ether oxygens (including phenoxy) is 1. The van der Waals surface area contributed by atoms with Gasteiger partial charge in [0.1, 0.15) is 5.75 Å². The van der Waals surface area contributed by atoms with Gasteiger partial charge in [0.15, 0.2) is 0 Å². The Balaban J connectivity index is 2.17. The average Bonchev–Trinajstić information content (AvgIpc) is 3.01. The van der Waals surface area contributed by atoms with E-state index in [-0.39, 0.29) is 11.8 Å². The maximum Gasteiger partial charge on any atom is 0.227 e. The molecule has 3 heteroatoms. The Hall–Kier alpha value is -1.51. The second-order valence-electron chi connectivity index (χ2n) is 3.97. The smallest absolute Gasteiger partial charge is 0.227 e. The predicted octanol–water partition coefficient (Wildman–Crippen LogP) is 2.35. The lowest BCUT2D eigenvalue weighted by Crippen LogP contribution is -2.14. The van der Waals surface area contributed by atoms with Crippen LogP contribution in [0.15, 0.2) is 18.2 Å². The SMILES string of the molecule is COc1ccc(C)cc1NC(=O)C1CC1. The minimum Gasteiger partial charge on any atom is -0.495 e. The van der Waals surface area contributed by atoms with E-state index in [1.165, 1.54) is 0 Å². The number of nitrogens with one attached hydrogen (secondary N) is 1. The third kappa shape index (κ3) is 2.29. The number of anilines is 1. The molecule has 0 radical (unpaired) electrons. The van der Waals surface area contributed by atoms with Crippen LogP contribution in [-0.4, -0.2) is 13.0 Å². The van der Waals surface area contributed by atoms with Gasteiger partial charge < -0.3 is 10.1 Å². The van der Waals surface area contributed by atoms with Crippen molar-refractivity contribution in [3.05, 3.63) is 23.8 Å². The lowest BCUT2D eigenvalue weighted by molar-refractivity contribution is -0.117. The number of aryl methyl sites for hydroxylation is 1. The van der Waals surface area contributed by atoms with E-state index in [1.807, 2.05) is 25.1 Å². The largest absolute Gasteiger partial charge is 0.495 e. The van der Waals surface area contributed by atoms with Gasteiger partial charge in [-0.3, -0.25) is 4.79 Å². The first-order valence-corrected chi connectivity index (χ1v) is 5.16. The zero-order valence-electron chi connectivity index (χ0n) is 9.04. The number of carbonyl (C=O) groups excluding carboxylic acids is 1. The molecule has 0 aromatic heterocycles. The third-order valence-electron chi connectivity index (χ3n) is 2.56. The Morgan fingerprint density at radius 2 is 2.20 bits per heavy atom. The van der Waals surface area contributed by atoms with Gasteiger partial charge in [0, 0.05) is 5.92 Å². The summed E-state index contributed by atoms with van der Waals surface area (Å²) in [5, 5.41) is 2.90. The summed E-state index contributed by atoms with van der Waals surface area (Å²) in [7, 11) is 1.61. The van der Waals surface area contributed by atoms with Gasteiger partial charge in [-0.1, -0.05) is 6.07 Å². The van der Waals surface area contributed by atoms with Crippen molar-refractivity contribution < 1.29 is 9.53 Å². The fraction of sp³-hybridized carbons (Fsp3) is 0.417. The summed E-state index contributed by atoms with van der Waals surface area (Å²) in [6, 6.07) is 5.77. The molecule has 80 valence electrons. The fourth-order valence-electron chi connectivity index (χ4n) is 1.50. The van der Waals surface area contributed by atoms with Crippen LogP contribution < -0.4 is 10.1 Å². The molecule has 1 aliphatic rings.